The Morgan fingerprint density at radius 2 is 1.76 bits per heavy atom. The molecule has 2 aromatic rings. The van der Waals surface area contributed by atoms with E-state index in [2.05, 4.69) is 5.10 Å². The number of halogens is 3. The van der Waals surface area contributed by atoms with E-state index in [0.29, 0.717) is 12.1 Å². The maximum atomic E-state index is 12.9. The van der Waals surface area contributed by atoms with Gasteiger partial charge >= 0.3 is 0 Å². The molecule has 1 aromatic carbocycles. The van der Waals surface area contributed by atoms with Crippen molar-refractivity contribution in [2.24, 2.45) is 7.05 Å². The molecule has 0 aliphatic heterocycles. The van der Waals surface area contributed by atoms with Crippen molar-refractivity contribution in [3.05, 3.63) is 53.1 Å². The topological polar surface area (TPSA) is 34.9 Å². The van der Waals surface area contributed by atoms with E-state index in [-0.39, 0.29) is 11.1 Å². The van der Waals surface area contributed by atoms with Crippen molar-refractivity contribution in [1.82, 2.24) is 9.78 Å². The van der Waals surface area contributed by atoms with Gasteiger partial charge in [0.1, 0.15) is 0 Å². The van der Waals surface area contributed by atoms with Crippen LogP contribution in [-0.2, 0) is 7.05 Å². The van der Waals surface area contributed by atoms with Crippen molar-refractivity contribution < 1.29 is 18.0 Å². The third-order valence-electron chi connectivity index (χ3n) is 2.21. The summed E-state index contributed by atoms with van der Waals surface area (Å²) in [7, 11) is 1.60. The van der Waals surface area contributed by atoms with Crippen molar-refractivity contribution in [3.8, 4) is 0 Å². The van der Waals surface area contributed by atoms with E-state index in [1.807, 2.05) is 0 Å². The predicted molar refractivity (Wildman–Crippen MR) is 53.0 cm³/mol. The zero-order valence-electron chi connectivity index (χ0n) is 8.75. The van der Waals surface area contributed by atoms with Crippen molar-refractivity contribution >= 4 is 5.78 Å². The molecule has 2 rings (SSSR count). The Balaban J connectivity index is 2.44. The lowest BCUT2D eigenvalue weighted by atomic mass is 10.1. The first-order chi connectivity index (χ1) is 7.99. The van der Waals surface area contributed by atoms with Gasteiger partial charge in [0.2, 0.25) is 0 Å². The van der Waals surface area contributed by atoms with Gasteiger partial charge in [-0.25, -0.2) is 13.2 Å². The first-order valence-electron chi connectivity index (χ1n) is 4.67. The number of rotatable bonds is 2. The van der Waals surface area contributed by atoms with Gasteiger partial charge in [0, 0.05) is 18.8 Å². The third-order valence-corrected chi connectivity index (χ3v) is 2.21. The van der Waals surface area contributed by atoms with Crippen LogP contribution < -0.4 is 0 Å². The number of carbonyl (C=O) groups is 1. The Hall–Kier alpha value is -2.11. The van der Waals surface area contributed by atoms with Gasteiger partial charge in [-0.15, -0.1) is 0 Å². The molecule has 0 unspecified atom stereocenters. The van der Waals surface area contributed by atoms with Crippen LogP contribution in [0.5, 0.6) is 0 Å². The molecule has 0 atom stereocenters. The summed E-state index contributed by atoms with van der Waals surface area (Å²) in [5, 5.41) is 3.76. The number of aromatic nitrogens is 2. The number of aryl methyl sites for hydroxylation is 1. The molecule has 0 fully saturated rings. The Bertz CT molecular complexity index is 569. The van der Waals surface area contributed by atoms with Crippen LogP contribution in [0.25, 0.3) is 0 Å². The van der Waals surface area contributed by atoms with Gasteiger partial charge < -0.3 is 0 Å². The highest BCUT2D eigenvalue weighted by molar-refractivity contribution is 6.08. The molecule has 1 heterocycles. The molecule has 88 valence electrons. The van der Waals surface area contributed by atoms with Crippen molar-refractivity contribution in [2.75, 3.05) is 0 Å². The quantitative estimate of drug-likeness (QED) is 0.595. The van der Waals surface area contributed by atoms with Crippen LogP contribution >= 0.6 is 0 Å². The van der Waals surface area contributed by atoms with E-state index >= 15 is 0 Å². The number of carbonyl (C=O) groups excluding carboxylic acids is 1. The molecular weight excluding hydrogens is 233 g/mol. The Morgan fingerprint density at radius 3 is 2.24 bits per heavy atom. The predicted octanol–water partition coefficient (Wildman–Crippen LogP) is 2.07. The monoisotopic (exact) mass is 240 g/mol. The normalized spacial score (nSPS) is 10.6. The molecule has 0 saturated heterocycles. The Kier molecular flexibility index (Phi) is 2.71. The minimum atomic E-state index is -1.59. The van der Waals surface area contributed by atoms with Gasteiger partial charge in [0.05, 0.1) is 11.8 Å². The summed E-state index contributed by atoms with van der Waals surface area (Å²) in [4.78, 5) is 11.8. The third kappa shape index (κ3) is 2.06. The van der Waals surface area contributed by atoms with Gasteiger partial charge in [0.15, 0.2) is 23.2 Å². The van der Waals surface area contributed by atoms with Gasteiger partial charge in [-0.05, 0) is 12.1 Å². The average molecular weight is 240 g/mol. The Morgan fingerprint density at radius 1 is 1.18 bits per heavy atom. The summed E-state index contributed by atoms with van der Waals surface area (Å²) in [5.74, 6) is -4.99. The van der Waals surface area contributed by atoms with Crippen molar-refractivity contribution in [2.45, 2.75) is 0 Å². The van der Waals surface area contributed by atoms with E-state index in [1.165, 1.54) is 17.1 Å². The van der Waals surface area contributed by atoms with E-state index in [1.54, 1.807) is 7.05 Å². The second-order valence-corrected chi connectivity index (χ2v) is 3.49. The summed E-state index contributed by atoms with van der Waals surface area (Å²) in [6.07, 6.45) is 2.67. The van der Waals surface area contributed by atoms with Crippen LogP contribution in [0.2, 0.25) is 0 Å². The summed E-state index contributed by atoms with van der Waals surface area (Å²) in [6.45, 7) is 0. The summed E-state index contributed by atoms with van der Waals surface area (Å²) in [6, 6.07) is 1.32. The summed E-state index contributed by atoms with van der Waals surface area (Å²) < 4.78 is 39.9. The Labute approximate surface area is 94.5 Å². The minimum absolute atomic E-state index is 0.179. The van der Waals surface area contributed by atoms with Gasteiger partial charge in [-0.1, -0.05) is 0 Å². The fourth-order valence-corrected chi connectivity index (χ4v) is 1.39. The molecule has 0 spiro atoms. The second-order valence-electron chi connectivity index (χ2n) is 3.49. The van der Waals surface area contributed by atoms with Gasteiger partial charge in [-0.2, -0.15) is 5.10 Å². The molecule has 3 nitrogen and oxygen atoms in total. The second kappa shape index (κ2) is 4.04. The largest absolute Gasteiger partial charge is 0.288 e. The highest BCUT2D eigenvalue weighted by Crippen LogP contribution is 2.16. The number of hydrogen-bond acceptors (Lipinski definition) is 2. The molecule has 0 aliphatic rings. The van der Waals surface area contributed by atoms with E-state index in [9.17, 15) is 18.0 Å². The molecule has 17 heavy (non-hydrogen) atoms. The van der Waals surface area contributed by atoms with Crippen LogP contribution in [0.4, 0.5) is 13.2 Å². The lowest BCUT2D eigenvalue weighted by molar-refractivity contribution is 0.103. The lowest BCUT2D eigenvalue weighted by Crippen LogP contribution is -2.03. The number of hydrogen-bond donors (Lipinski definition) is 0. The molecule has 0 N–H and O–H groups in total. The van der Waals surface area contributed by atoms with E-state index in [0.717, 1.165) is 0 Å². The molecule has 6 heteroatoms. The number of nitrogens with zero attached hydrogens (tertiary/aromatic N) is 2. The number of benzene rings is 1. The van der Waals surface area contributed by atoms with Crippen molar-refractivity contribution in [3.63, 3.8) is 0 Å². The van der Waals surface area contributed by atoms with Gasteiger partial charge in [0.25, 0.3) is 0 Å². The molecular formula is C11H7F3N2O. The molecule has 1 aromatic heterocycles. The maximum Gasteiger partial charge on any atom is 0.196 e. The standard InChI is InChI=1S/C11H7F3N2O/c1-16-5-7(4-15-16)11(17)6-2-8(12)10(14)9(13)3-6/h2-5H,1H3. The smallest absolute Gasteiger partial charge is 0.196 e. The van der Waals surface area contributed by atoms with E-state index in [4.69, 9.17) is 0 Å². The first-order valence-corrected chi connectivity index (χ1v) is 4.67. The zero-order chi connectivity index (χ0) is 12.6. The minimum Gasteiger partial charge on any atom is -0.288 e. The molecule has 0 saturated carbocycles. The summed E-state index contributed by atoms with van der Waals surface area (Å²) in [5.41, 5.74) is -0.0766. The summed E-state index contributed by atoms with van der Waals surface area (Å²) >= 11 is 0. The van der Waals surface area contributed by atoms with Crippen LogP contribution in [0, 0.1) is 17.5 Å². The highest BCUT2D eigenvalue weighted by atomic mass is 19.2. The van der Waals surface area contributed by atoms with Gasteiger partial charge in [-0.3, -0.25) is 9.48 Å². The van der Waals surface area contributed by atoms with Crippen LogP contribution in [0.3, 0.4) is 0 Å². The first kappa shape index (κ1) is 11.4. The highest BCUT2D eigenvalue weighted by Gasteiger charge is 2.17. The molecule has 0 aliphatic carbocycles. The SMILES string of the molecule is Cn1cc(C(=O)c2cc(F)c(F)c(F)c2)cn1. The van der Waals surface area contributed by atoms with Crippen LogP contribution in [0.1, 0.15) is 15.9 Å². The zero-order valence-corrected chi connectivity index (χ0v) is 8.75. The number of ketones is 1. The van der Waals surface area contributed by atoms with Crippen LogP contribution in [0.15, 0.2) is 24.5 Å². The average Bonchev–Trinajstić information content (AvgIpc) is 2.71. The lowest BCUT2D eigenvalue weighted by Gasteiger charge is -2.00. The molecule has 0 radical (unpaired) electrons. The fourth-order valence-electron chi connectivity index (χ4n) is 1.39. The van der Waals surface area contributed by atoms with E-state index < -0.39 is 23.2 Å². The molecule has 0 amide bonds. The van der Waals surface area contributed by atoms with Crippen molar-refractivity contribution in [1.29, 1.82) is 0 Å². The maximum absolute atomic E-state index is 12.9. The fraction of sp³-hybridized carbons (Fsp3) is 0.0909. The van der Waals surface area contributed by atoms with Crippen LogP contribution in [-0.4, -0.2) is 15.6 Å². The molecule has 0 bridgehead atoms.